The molecule has 0 aliphatic carbocycles. The molecule has 0 aromatic heterocycles. The van der Waals surface area contributed by atoms with Crippen molar-refractivity contribution >= 4 is 15.9 Å². The zero-order valence-corrected chi connectivity index (χ0v) is 10.9. The smallest absolute Gasteiger partial charge is 0.0840 e. The van der Waals surface area contributed by atoms with Gasteiger partial charge in [-0.25, -0.2) is 0 Å². The van der Waals surface area contributed by atoms with Crippen molar-refractivity contribution in [1.82, 2.24) is 0 Å². The van der Waals surface area contributed by atoms with Gasteiger partial charge in [-0.3, -0.25) is 0 Å². The van der Waals surface area contributed by atoms with Crippen molar-refractivity contribution in [1.29, 1.82) is 0 Å². The molecule has 82 valence electrons. The lowest BCUT2D eigenvalue weighted by molar-refractivity contribution is -0.0378. The van der Waals surface area contributed by atoms with Gasteiger partial charge in [-0.2, -0.15) is 0 Å². The Labute approximate surface area is 100.0 Å². The van der Waals surface area contributed by atoms with Gasteiger partial charge < -0.3 is 4.74 Å². The van der Waals surface area contributed by atoms with Crippen LogP contribution < -0.4 is 0 Å². The Balaban J connectivity index is 2.21. The van der Waals surface area contributed by atoms with Gasteiger partial charge in [-0.1, -0.05) is 48.0 Å². The molecular weight excluding hydrogens is 252 g/mol. The molecule has 0 N–H and O–H groups in total. The van der Waals surface area contributed by atoms with Gasteiger partial charge in [-0.05, 0) is 29.9 Å². The van der Waals surface area contributed by atoms with E-state index < -0.39 is 0 Å². The summed E-state index contributed by atoms with van der Waals surface area (Å²) < 4.78 is 7.01. The number of hydrogen-bond acceptors (Lipinski definition) is 1. The Morgan fingerprint density at radius 3 is 2.73 bits per heavy atom. The summed E-state index contributed by atoms with van der Waals surface area (Å²) in [6.07, 6.45) is 2.52. The molecule has 1 fully saturated rings. The molecule has 0 radical (unpaired) electrons. The Morgan fingerprint density at radius 1 is 1.33 bits per heavy atom. The summed E-state index contributed by atoms with van der Waals surface area (Å²) in [6, 6.07) is 8.35. The van der Waals surface area contributed by atoms with Crippen molar-refractivity contribution < 1.29 is 4.74 Å². The predicted molar refractivity (Wildman–Crippen MR) is 65.9 cm³/mol. The van der Waals surface area contributed by atoms with E-state index in [1.807, 2.05) is 6.07 Å². The Morgan fingerprint density at radius 2 is 2.07 bits per heavy atom. The Bertz CT molecular complexity index is 346. The van der Waals surface area contributed by atoms with Crippen LogP contribution in [-0.2, 0) is 4.74 Å². The van der Waals surface area contributed by atoms with Gasteiger partial charge in [0.05, 0.1) is 6.10 Å². The van der Waals surface area contributed by atoms with Crippen molar-refractivity contribution in [3.8, 4) is 0 Å². The van der Waals surface area contributed by atoms with Crippen LogP contribution in [-0.4, -0.2) is 6.61 Å². The third kappa shape index (κ3) is 2.61. The first-order chi connectivity index (χ1) is 7.08. The molecule has 2 heteroatoms. The van der Waals surface area contributed by atoms with Crippen molar-refractivity contribution in [2.75, 3.05) is 6.61 Å². The topological polar surface area (TPSA) is 9.23 Å². The van der Waals surface area contributed by atoms with Crippen LogP contribution >= 0.6 is 15.9 Å². The van der Waals surface area contributed by atoms with Gasteiger partial charge in [0.2, 0.25) is 0 Å². The quantitative estimate of drug-likeness (QED) is 0.737. The van der Waals surface area contributed by atoms with Crippen LogP contribution in [0.5, 0.6) is 0 Å². The summed E-state index contributed by atoms with van der Waals surface area (Å²) in [5.41, 5.74) is 1.68. The fourth-order valence-electron chi connectivity index (χ4n) is 2.08. The average Bonchev–Trinajstić information content (AvgIpc) is 2.17. The molecule has 0 unspecified atom stereocenters. The van der Waals surface area contributed by atoms with Crippen LogP contribution in [0, 0.1) is 5.41 Å². The second-order valence-electron chi connectivity index (χ2n) is 5.00. The molecule has 1 nitrogen and oxygen atoms in total. The highest BCUT2D eigenvalue weighted by atomic mass is 79.9. The molecule has 15 heavy (non-hydrogen) atoms. The highest BCUT2D eigenvalue weighted by Gasteiger charge is 2.30. The molecule has 0 bridgehead atoms. The zero-order chi connectivity index (χ0) is 10.9. The van der Waals surface area contributed by atoms with Crippen LogP contribution in [0.1, 0.15) is 38.4 Å². The zero-order valence-electron chi connectivity index (χ0n) is 9.29. The highest BCUT2D eigenvalue weighted by Crippen LogP contribution is 2.41. The number of rotatable bonds is 1. The van der Waals surface area contributed by atoms with Crippen LogP contribution in [0.15, 0.2) is 28.7 Å². The first-order valence-electron chi connectivity index (χ1n) is 5.44. The molecule has 0 amide bonds. The first kappa shape index (κ1) is 11.2. The molecule has 1 saturated heterocycles. The molecule has 1 aliphatic rings. The van der Waals surface area contributed by atoms with Crippen molar-refractivity contribution in [3.05, 3.63) is 34.3 Å². The van der Waals surface area contributed by atoms with E-state index in [-0.39, 0.29) is 6.10 Å². The normalized spacial score (nSPS) is 25.1. The molecule has 1 heterocycles. The summed E-state index contributed by atoms with van der Waals surface area (Å²) >= 11 is 3.59. The minimum atomic E-state index is 0.254. The second-order valence-corrected chi connectivity index (χ2v) is 5.85. The Hall–Kier alpha value is -0.340. The number of benzene rings is 1. The van der Waals surface area contributed by atoms with E-state index in [0.717, 1.165) is 23.9 Å². The number of ether oxygens (including phenoxy) is 1. The number of halogens is 1. The summed E-state index contributed by atoms with van der Waals surface area (Å²) in [7, 11) is 0. The van der Waals surface area contributed by atoms with Gasteiger partial charge in [0.1, 0.15) is 0 Å². The summed E-state index contributed by atoms with van der Waals surface area (Å²) in [6.45, 7) is 5.51. The summed E-state index contributed by atoms with van der Waals surface area (Å²) in [5, 5.41) is 0. The largest absolute Gasteiger partial charge is 0.373 e. The van der Waals surface area contributed by atoms with Crippen molar-refractivity contribution in [2.45, 2.75) is 32.8 Å². The molecule has 0 spiro atoms. The van der Waals surface area contributed by atoms with E-state index in [0.29, 0.717) is 5.41 Å². The fraction of sp³-hybridized carbons (Fsp3) is 0.538. The monoisotopic (exact) mass is 268 g/mol. The predicted octanol–water partition coefficient (Wildman–Crippen LogP) is 4.33. The maximum absolute atomic E-state index is 5.85. The van der Waals surface area contributed by atoms with Gasteiger partial charge in [0.25, 0.3) is 0 Å². The third-order valence-electron chi connectivity index (χ3n) is 3.09. The lowest BCUT2D eigenvalue weighted by Gasteiger charge is -2.35. The molecule has 1 aromatic rings. The van der Waals surface area contributed by atoms with Crippen molar-refractivity contribution in [3.63, 3.8) is 0 Å². The Kier molecular flexibility index (Phi) is 3.17. The molecule has 1 aliphatic heterocycles. The molecule has 1 aromatic carbocycles. The van der Waals surface area contributed by atoms with Crippen LogP contribution in [0.25, 0.3) is 0 Å². The van der Waals surface area contributed by atoms with Crippen molar-refractivity contribution in [2.24, 2.45) is 5.41 Å². The van der Waals surface area contributed by atoms with Gasteiger partial charge in [0, 0.05) is 11.1 Å². The maximum atomic E-state index is 5.85. The van der Waals surface area contributed by atoms with E-state index in [9.17, 15) is 0 Å². The standard InChI is InChI=1S/C13H17BrO/c1-13(2)7-8-15-12(9-13)10-5-3-4-6-11(10)14/h3-6,12H,7-9H2,1-2H3/t12-/m0/s1. The van der Waals surface area contributed by atoms with E-state index in [1.54, 1.807) is 0 Å². The van der Waals surface area contributed by atoms with E-state index >= 15 is 0 Å². The van der Waals surface area contributed by atoms with Crippen LogP contribution in [0.2, 0.25) is 0 Å². The maximum Gasteiger partial charge on any atom is 0.0840 e. The molecular formula is C13H17BrO. The highest BCUT2D eigenvalue weighted by molar-refractivity contribution is 9.10. The molecule has 0 saturated carbocycles. The average molecular weight is 269 g/mol. The molecule has 2 rings (SSSR count). The lowest BCUT2D eigenvalue weighted by Crippen LogP contribution is -2.26. The van der Waals surface area contributed by atoms with Gasteiger partial charge >= 0.3 is 0 Å². The molecule has 1 atom stereocenters. The minimum Gasteiger partial charge on any atom is -0.373 e. The van der Waals surface area contributed by atoms with Gasteiger partial charge in [0.15, 0.2) is 0 Å². The summed E-state index contributed by atoms with van der Waals surface area (Å²) in [5.74, 6) is 0. The minimum absolute atomic E-state index is 0.254. The third-order valence-corrected chi connectivity index (χ3v) is 3.81. The van der Waals surface area contributed by atoms with Gasteiger partial charge in [-0.15, -0.1) is 0 Å². The fourth-order valence-corrected chi connectivity index (χ4v) is 2.62. The van der Waals surface area contributed by atoms with Crippen LogP contribution in [0.4, 0.5) is 0 Å². The first-order valence-corrected chi connectivity index (χ1v) is 6.24. The SMILES string of the molecule is CC1(C)CCO[C@H](c2ccccc2Br)C1. The number of hydrogen-bond donors (Lipinski definition) is 0. The van der Waals surface area contributed by atoms with E-state index in [4.69, 9.17) is 4.74 Å². The summed E-state index contributed by atoms with van der Waals surface area (Å²) in [4.78, 5) is 0. The lowest BCUT2D eigenvalue weighted by atomic mass is 9.80. The second kappa shape index (κ2) is 4.26. The van der Waals surface area contributed by atoms with E-state index in [2.05, 4.69) is 48.0 Å². The van der Waals surface area contributed by atoms with Crippen LogP contribution in [0.3, 0.4) is 0 Å². The van der Waals surface area contributed by atoms with E-state index in [1.165, 1.54) is 5.56 Å².